The molecule has 0 saturated carbocycles. The van der Waals surface area contributed by atoms with Crippen molar-refractivity contribution in [2.45, 2.75) is 26.4 Å². The number of aliphatic hydroxyl groups excluding tert-OH is 1. The van der Waals surface area contributed by atoms with Crippen LogP contribution in [0.3, 0.4) is 0 Å². The summed E-state index contributed by atoms with van der Waals surface area (Å²) in [5.41, 5.74) is 4.39. The summed E-state index contributed by atoms with van der Waals surface area (Å²) in [7, 11) is 0. The summed E-state index contributed by atoms with van der Waals surface area (Å²) in [6.45, 7) is 3.96. The van der Waals surface area contributed by atoms with Gasteiger partial charge in [0.05, 0.1) is 6.10 Å². The molecule has 0 fully saturated rings. The van der Waals surface area contributed by atoms with Crippen molar-refractivity contribution >= 4 is 6.29 Å². The van der Waals surface area contributed by atoms with E-state index in [9.17, 15) is 9.90 Å². The molecule has 98 valence electrons. The van der Waals surface area contributed by atoms with E-state index in [0.29, 0.717) is 12.0 Å². The van der Waals surface area contributed by atoms with E-state index in [1.807, 2.05) is 26.0 Å². The number of rotatable bonds is 4. The smallest absolute Gasteiger partial charge is 0.150 e. The first-order valence-electron chi connectivity index (χ1n) is 6.26. The summed E-state index contributed by atoms with van der Waals surface area (Å²) in [5, 5.41) is 10.2. The quantitative estimate of drug-likeness (QED) is 0.855. The van der Waals surface area contributed by atoms with Gasteiger partial charge >= 0.3 is 0 Å². The van der Waals surface area contributed by atoms with E-state index in [1.165, 1.54) is 0 Å². The van der Waals surface area contributed by atoms with Crippen LogP contribution in [-0.2, 0) is 6.42 Å². The van der Waals surface area contributed by atoms with Crippen molar-refractivity contribution in [2.24, 2.45) is 0 Å². The van der Waals surface area contributed by atoms with Crippen molar-refractivity contribution in [3.63, 3.8) is 0 Å². The second-order valence-corrected chi connectivity index (χ2v) is 4.78. The molecule has 0 aliphatic rings. The SMILES string of the molecule is Cc1cc(C)nc(C[C@H](O)c2ccc(C=O)cc2)c1. The Kier molecular flexibility index (Phi) is 4.07. The summed E-state index contributed by atoms with van der Waals surface area (Å²) in [6, 6.07) is 11.0. The first-order chi connectivity index (χ1) is 9.08. The number of carbonyl (C=O) groups excluding carboxylic acids is 1. The molecule has 1 atom stereocenters. The Hall–Kier alpha value is -2.00. The van der Waals surface area contributed by atoms with Gasteiger partial charge in [-0.25, -0.2) is 0 Å². The molecule has 1 aromatic carbocycles. The molecule has 0 radical (unpaired) electrons. The number of pyridine rings is 1. The van der Waals surface area contributed by atoms with Crippen LogP contribution in [0.2, 0.25) is 0 Å². The van der Waals surface area contributed by atoms with Crippen LogP contribution < -0.4 is 0 Å². The molecule has 1 N–H and O–H groups in total. The number of hydrogen-bond donors (Lipinski definition) is 1. The van der Waals surface area contributed by atoms with Gasteiger partial charge in [0, 0.05) is 23.4 Å². The van der Waals surface area contributed by atoms with Gasteiger partial charge in [-0.3, -0.25) is 9.78 Å². The van der Waals surface area contributed by atoms with E-state index in [2.05, 4.69) is 4.98 Å². The average molecular weight is 255 g/mol. The Morgan fingerprint density at radius 3 is 2.47 bits per heavy atom. The molecule has 0 bridgehead atoms. The number of aliphatic hydroxyl groups is 1. The minimum atomic E-state index is -0.602. The largest absolute Gasteiger partial charge is 0.388 e. The Labute approximate surface area is 112 Å². The Morgan fingerprint density at radius 2 is 1.89 bits per heavy atom. The van der Waals surface area contributed by atoms with E-state index >= 15 is 0 Å². The number of hydrogen-bond acceptors (Lipinski definition) is 3. The molecule has 2 aromatic rings. The highest BCUT2D eigenvalue weighted by Crippen LogP contribution is 2.18. The van der Waals surface area contributed by atoms with Crippen LogP contribution in [0, 0.1) is 13.8 Å². The number of aldehydes is 1. The van der Waals surface area contributed by atoms with Crippen LogP contribution >= 0.6 is 0 Å². The average Bonchev–Trinajstić information content (AvgIpc) is 2.37. The Balaban J connectivity index is 2.15. The minimum absolute atomic E-state index is 0.475. The molecule has 3 nitrogen and oxygen atoms in total. The molecule has 0 spiro atoms. The fraction of sp³-hybridized carbons (Fsp3) is 0.250. The van der Waals surface area contributed by atoms with E-state index < -0.39 is 6.10 Å². The van der Waals surface area contributed by atoms with E-state index in [1.54, 1.807) is 24.3 Å². The first kappa shape index (κ1) is 13.4. The fourth-order valence-electron chi connectivity index (χ4n) is 2.14. The van der Waals surface area contributed by atoms with Gasteiger partial charge in [0.1, 0.15) is 6.29 Å². The maximum absolute atomic E-state index is 10.6. The zero-order chi connectivity index (χ0) is 13.8. The van der Waals surface area contributed by atoms with E-state index in [0.717, 1.165) is 28.8 Å². The summed E-state index contributed by atoms with van der Waals surface area (Å²) in [6.07, 6.45) is 0.666. The van der Waals surface area contributed by atoms with Crippen molar-refractivity contribution in [3.8, 4) is 0 Å². The molecular formula is C16H17NO2. The third-order valence-electron chi connectivity index (χ3n) is 3.01. The number of benzene rings is 1. The maximum Gasteiger partial charge on any atom is 0.150 e. The van der Waals surface area contributed by atoms with Crippen LogP contribution in [0.15, 0.2) is 36.4 Å². The molecule has 3 heteroatoms. The molecule has 0 amide bonds. The lowest BCUT2D eigenvalue weighted by Crippen LogP contribution is -2.04. The van der Waals surface area contributed by atoms with Crippen molar-refractivity contribution < 1.29 is 9.90 Å². The maximum atomic E-state index is 10.6. The van der Waals surface area contributed by atoms with E-state index in [4.69, 9.17) is 0 Å². The van der Waals surface area contributed by atoms with Gasteiger partial charge in [0.15, 0.2) is 0 Å². The van der Waals surface area contributed by atoms with Crippen LogP contribution in [0.5, 0.6) is 0 Å². The highest BCUT2D eigenvalue weighted by atomic mass is 16.3. The van der Waals surface area contributed by atoms with Crippen LogP contribution in [0.25, 0.3) is 0 Å². The fourth-order valence-corrected chi connectivity index (χ4v) is 2.14. The highest BCUT2D eigenvalue weighted by molar-refractivity contribution is 5.74. The molecule has 2 rings (SSSR count). The molecule has 0 aliphatic carbocycles. The lowest BCUT2D eigenvalue weighted by Gasteiger charge is -2.11. The molecule has 0 saturated heterocycles. The predicted molar refractivity (Wildman–Crippen MR) is 74.2 cm³/mol. The highest BCUT2D eigenvalue weighted by Gasteiger charge is 2.10. The first-order valence-corrected chi connectivity index (χ1v) is 6.26. The number of nitrogens with zero attached hydrogens (tertiary/aromatic N) is 1. The third kappa shape index (κ3) is 3.48. The molecule has 1 heterocycles. The van der Waals surface area contributed by atoms with Gasteiger partial charge in [-0.05, 0) is 37.1 Å². The standard InChI is InChI=1S/C16H17NO2/c1-11-7-12(2)17-15(8-11)9-16(19)14-5-3-13(10-18)4-6-14/h3-8,10,16,19H,9H2,1-2H3/t16-/m0/s1. The van der Waals surface area contributed by atoms with Crippen LogP contribution in [0.4, 0.5) is 0 Å². The molecule has 0 aliphatic heterocycles. The van der Waals surface area contributed by atoms with Crippen LogP contribution in [0.1, 0.15) is 39.0 Å². The monoisotopic (exact) mass is 255 g/mol. The minimum Gasteiger partial charge on any atom is -0.388 e. The second-order valence-electron chi connectivity index (χ2n) is 4.78. The van der Waals surface area contributed by atoms with Gasteiger partial charge in [-0.1, -0.05) is 24.3 Å². The van der Waals surface area contributed by atoms with Crippen molar-refractivity contribution in [1.29, 1.82) is 0 Å². The van der Waals surface area contributed by atoms with E-state index in [-0.39, 0.29) is 0 Å². The zero-order valence-corrected chi connectivity index (χ0v) is 11.1. The summed E-state index contributed by atoms with van der Waals surface area (Å²) < 4.78 is 0. The van der Waals surface area contributed by atoms with Gasteiger partial charge in [0.2, 0.25) is 0 Å². The summed E-state index contributed by atoms with van der Waals surface area (Å²) in [5.74, 6) is 0. The van der Waals surface area contributed by atoms with Gasteiger partial charge in [0.25, 0.3) is 0 Å². The molecular weight excluding hydrogens is 238 g/mol. The number of aromatic nitrogens is 1. The number of carbonyl (C=O) groups is 1. The van der Waals surface area contributed by atoms with Crippen molar-refractivity contribution in [2.75, 3.05) is 0 Å². The van der Waals surface area contributed by atoms with Crippen molar-refractivity contribution in [1.82, 2.24) is 4.98 Å². The molecule has 1 aromatic heterocycles. The zero-order valence-electron chi connectivity index (χ0n) is 11.1. The third-order valence-corrected chi connectivity index (χ3v) is 3.01. The van der Waals surface area contributed by atoms with Gasteiger partial charge in [-0.15, -0.1) is 0 Å². The van der Waals surface area contributed by atoms with Gasteiger partial charge < -0.3 is 5.11 Å². The lowest BCUT2D eigenvalue weighted by atomic mass is 10.0. The second kappa shape index (κ2) is 5.76. The summed E-state index contributed by atoms with van der Waals surface area (Å²) >= 11 is 0. The van der Waals surface area contributed by atoms with Crippen LogP contribution in [-0.4, -0.2) is 16.4 Å². The Morgan fingerprint density at radius 1 is 1.21 bits per heavy atom. The summed E-state index contributed by atoms with van der Waals surface area (Å²) in [4.78, 5) is 15.0. The van der Waals surface area contributed by atoms with Gasteiger partial charge in [-0.2, -0.15) is 0 Å². The topological polar surface area (TPSA) is 50.2 Å². The van der Waals surface area contributed by atoms with Crippen molar-refractivity contribution in [3.05, 3.63) is 64.5 Å². The number of aryl methyl sites for hydroxylation is 2. The Bertz CT molecular complexity index is 556. The normalized spacial score (nSPS) is 12.2. The predicted octanol–water partition coefficient (Wildman–Crippen LogP) is 2.79. The molecule has 0 unspecified atom stereocenters. The molecule has 19 heavy (non-hydrogen) atoms. The lowest BCUT2D eigenvalue weighted by molar-refractivity contribution is 0.112.